The van der Waals surface area contributed by atoms with Crippen molar-refractivity contribution >= 4 is 5.65 Å². The first-order valence-electron chi connectivity index (χ1n) is 5.44. The van der Waals surface area contributed by atoms with E-state index in [0.29, 0.717) is 11.2 Å². The Kier molecular flexibility index (Phi) is 2.13. The Morgan fingerprint density at radius 2 is 2.17 bits per heavy atom. The summed E-state index contributed by atoms with van der Waals surface area (Å²) in [6.45, 7) is 1.98. The molecule has 3 heterocycles. The van der Waals surface area contributed by atoms with Crippen molar-refractivity contribution in [3.8, 4) is 17.5 Å². The molecular weight excluding hydrogens is 228 g/mol. The number of nitriles is 1. The number of hydrogen-bond donors (Lipinski definition) is 0. The molecular formula is C12H10N6. The van der Waals surface area contributed by atoms with Crippen LogP contribution in [0.5, 0.6) is 0 Å². The molecule has 0 unspecified atom stereocenters. The highest BCUT2D eigenvalue weighted by Gasteiger charge is 2.13. The van der Waals surface area contributed by atoms with E-state index in [2.05, 4.69) is 21.4 Å². The minimum absolute atomic E-state index is 0.573. The smallest absolute Gasteiger partial charge is 0.171 e. The lowest BCUT2D eigenvalue weighted by Crippen LogP contribution is -1.94. The van der Waals surface area contributed by atoms with Gasteiger partial charge in [0.15, 0.2) is 11.5 Å². The summed E-state index contributed by atoms with van der Waals surface area (Å²) >= 11 is 0. The molecule has 0 radical (unpaired) electrons. The van der Waals surface area contributed by atoms with E-state index < -0.39 is 0 Å². The van der Waals surface area contributed by atoms with E-state index in [-0.39, 0.29) is 0 Å². The highest BCUT2D eigenvalue weighted by Crippen LogP contribution is 2.21. The van der Waals surface area contributed by atoms with E-state index >= 15 is 0 Å². The molecule has 0 saturated heterocycles. The van der Waals surface area contributed by atoms with Crippen molar-refractivity contribution in [3.63, 3.8) is 0 Å². The molecule has 18 heavy (non-hydrogen) atoms. The lowest BCUT2D eigenvalue weighted by molar-refractivity contribution is 0.740. The van der Waals surface area contributed by atoms with Gasteiger partial charge in [0.1, 0.15) is 0 Å². The van der Waals surface area contributed by atoms with Crippen molar-refractivity contribution in [1.29, 1.82) is 5.26 Å². The van der Waals surface area contributed by atoms with Gasteiger partial charge in [0.2, 0.25) is 0 Å². The van der Waals surface area contributed by atoms with Crippen molar-refractivity contribution in [1.82, 2.24) is 24.4 Å². The van der Waals surface area contributed by atoms with E-state index in [4.69, 9.17) is 5.26 Å². The minimum atomic E-state index is 0.573. The second kappa shape index (κ2) is 3.67. The molecule has 0 aromatic carbocycles. The number of hydrogen-bond acceptors (Lipinski definition) is 4. The molecule has 3 aromatic rings. The van der Waals surface area contributed by atoms with Gasteiger partial charge in [0.05, 0.1) is 23.4 Å². The van der Waals surface area contributed by atoms with Gasteiger partial charge in [-0.3, -0.25) is 9.08 Å². The molecule has 0 aliphatic carbocycles. The van der Waals surface area contributed by atoms with E-state index in [0.717, 1.165) is 17.1 Å². The maximum absolute atomic E-state index is 8.85. The van der Waals surface area contributed by atoms with Crippen LogP contribution in [0.2, 0.25) is 0 Å². The normalized spacial score (nSPS) is 10.7. The van der Waals surface area contributed by atoms with Crippen molar-refractivity contribution in [2.45, 2.75) is 6.92 Å². The summed E-state index contributed by atoms with van der Waals surface area (Å²) in [6.07, 6.45) is 3.57. The van der Waals surface area contributed by atoms with Crippen LogP contribution in [0.4, 0.5) is 0 Å². The summed E-state index contributed by atoms with van der Waals surface area (Å²) in [5.41, 5.74) is 3.19. The van der Waals surface area contributed by atoms with Gasteiger partial charge in [-0.15, -0.1) is 10.2 Å². The second-order valence-electron chi connectivity index (χ2n) is 4.05. The summed E-state index contributed by atoms with van der Waals surface area (Å²) in [5, 5.41) is 21.3. The maximum Gasteiger partial charge on any atom is 0.171 e. The number of aromatic nitrogens is 5. The lowest BCUT2D eigenvalue weighted by Gasteiger charge is -1.99. The maximum atomic E-state index is 8.85. The van der Waals surface area contributed by atoms with Gasteiger partial charge in [-0.05, 0) is 13.0 Å². The molecule has 0 spiro atoms. The fraction of sp³-hybridized carbons (Fsp3) is 0.167. The lowest BCUT2D eigenvalue weighted by atomic mass is 10.2. The minimum Gasteiger partial charge on any atom is -0.282 e. The molecule has 0 N–H and O–H groups in total. The summed E-state index contributed by atoms with van der Waals surface area (Å²) in [5.74, 6) is 0.736. The van der Waals surface area contributed by atoms with Gasteiger partial charge in [-0.25, -0.2) is 0 Å². The topological polar surface area (TPSA) is 71.8 Å². The number of rotatable bonds is 1. The van der Waals surface area contributed by atoms with Crippen LogP contribution in [0.25, 0.3) is 17.0 Å². The van der Waals surface area contributed by atoms with E-state index in [1.165, 1.54) is 0 Å². The van der Waals surface area contributed by atoms with E-state index in [1.807, 2.05) is 18.4 Å². The fourth-order valence-electron chi connectivity index (χ4n) is 1.86. The van der Waals surface area contributed by atoms with Crippen molar-refractivity contribution in [3.05, 3.63) is 35.8 Å². The Morgan fingerprint density at radius 3 is 2.83 bits per heavy atom. The number of fused-ring (bicyclic) bond motifs is 1. The zero-order valence-electron chi connectivity index (χ0n) is 9.99. The third kappa shape index (κ3) is 1.38. The molecule has 0 saturated carbocycles. The van der Waals surface area contributed by atoms with Crippen LogP contribution in [-0.4, -0.2) is 24.4 Å². The van der Waals surface area contributed by atoms with Crippen LogP contribution in [-0.2, 0) is 7.05 Å². The first-order valence-corrected chi connectivity index (χ1v) is 5.44. The number of aryl methyl sites for hydroxylation is 1. The predicted molar refractivity (Wildman–Crippen MR) is 64.6 cm³/mol. The summed E-state index contributed by atoms with van der Waals surface area (Å²) in [6, 6.07) is 5.54. The van der Waals surface area contributed by atoms with Gasteiger partial charge in [0.25, 0.3) is 0 Å². The third-order valence-corrected chi connectivity index (χ3v) is 3.02. The van der Waals surface area contributed by atoms with Gasteiger partial charge < -0.3 is 0 Å². The van der Waals surface area contributed by atoms with Crippen LogP contribution in [0.1, 0.15) is 11.3 Å². The molecule has 0 aliphatic rings. The Balaban J connectivity index is 2.25. The van der Waals surface area contributed by atoms with Crippen LogP contribution >= 0.6 is 0 Å². The Bertz CT molecular complexity index is 774. The van der Waals surface area contributed by atoms with Gasteiger partial charge in [0, 0.05) is 25.0 Å². The predicted octanol–water partition coefficient (Wildman–Crippen LogP) is 1.31. The molecule has 0 fully saturated rings. The first kappa shape index (κ1) is 10.5. The zero-order valence-corrected chi connectivity index (χ0v) is 9.99. The van der Waals surface area contributed by atoms with Crippen LogP contribution in [0.3, 0.4) is 0 Å². The summed E-state index contributed by atoms with van der Waals surface area (Å²) in [4.78, 5) is 0. The van der Waals surface area contributed by atoms with Crippen LogP contribution in [0.15, 0.2) is 24.5 Å². The van der Waals surface area contributed by atoms with Crippen LogP contribution < -0.4 is 0 Å². The fourth-order valence-corrected chi connectivity index (χ4v) is 1.86. The molecule has 0 atom stereocenters. The number of nitrogens with zero attached hydrogens (tertiary/aromatic N) is 6. The third-order valence-electron chi connectivity index (χ3n) is 3.02. The second-order valence-corrected chi connectivity index (χ2v) is 4.05. The molecule has 0 bridgehead atoms. The van der Waals surface area contributed by atoms with Crippen molar-refractivity contribution < 1.29 is 0 Å². The highest BCUT2D eigenvalue weighted by molar-refractivity contribution is 5.61. The zero-order chi connectivity index (χ0) is 12.7. The van der Waals surface area contributed by atoms with Gasteiger partial charge >= 0.3 is 0 Å². The quantitative estimate of drug-likeness (QED) is 0.640. The standard InChI is InChI=1S/C12H10N6/c1-8-10(7-14-17(8)2)12-16-15-11-5-9(6-13)3-4-18(11)12/h3-5,7H,1-2H3. The van der Waals surface area contributed by atoms with Gasteiger partial charge in [-0.1, -0.05) is 0 Å². The largest absolute Gasteiger partial charge is 0.282 e. The van der Waals surface area contributed by atoms with E-state index in [9.17, 15) is 0 Å². The summed E-state index contributed by atoms with van der Waals surface area (Å²) < 4.78 is 3.64. The monoisotopic (exact) mass is 238 g/mol. The molecule has 3 aromatic heterocycles. The number of pyridine rings is 1. The van der Waals surface area contributed by atoms with E-state index in [1.54, 1.807) is 29.2 Å². The van der Waals surface area contributed by atoms with Crippen LogP contribution in [0, 0.1) is 18.3 Å². The molecule has 88 valence electrons. The SMILES string of the molecule is Cc1c(-c2nnc3cc(C#N)ccn23)cnn1C. The first-order chi connectivity index (χ1) is 8.70. The average Bonchev–Trinajstić information content (AvgIpc) is 2.94. The van der Waals surface area contributed by atoms with Gasteiger partial charge in [-0.2, -0.15) is 10.4 Å². The molecule has 0 aliphatic heterocycles. The average molecular weight is 238 g/mol. The Hall–Kier alpha value is -2.68. The Labute approximate surface area is 103 Å². The summed E-state index contributed by atoms with van der Waals surface area (Å²) in [7, 11) is 1.88. The van der Waals surface area contributed by atoms with Crippen molar-refractivity contribution in [2.24, 2.45) is 7.05 Å². The molecule has 3 rings (SSSR count). The molecule has 6 heteroatoms. The highest BCUT2D eigenvalue weighted by atomic mass is 15.3. The van der Waals surface area contributed by atoms with Crippen molar-refractivity contribution in [2.75, 3.05) is 0 Å². The molecule has 0 amide bonds. The Morgan fingerprint density at radius 1 is 1.33 bits per heavy atom. The molecule has 6 nitrogen and oxygen atoms in total.